The summed E-state index contributed by atoms with van der Waals surface area (Å²) in [6, 6.07) is 0. The summed E-state index contributed by atoms with van der Waals surface area (Å²) < 4.78 is 0. The number of carbonyl (C=O) groups excluding carboxylic acids is 1. The van der Waals surface area contributed by atoms with Crippen molar-refractivity contribution in [1.29, 1.82) is 0 Å². The smallest absolute Gasteiger partial charge is 0.308 e. The van der Waals surface area contributed by atoms with Crippen molar-refractivity contribution in [3.8, 4) is 0 Å². The molecule has 19 heavy (non-hydrogen) atoms. The first-order chi connectivity index (χ1) is 8.69. The first kappa shape index (κ1) is 14.9. The Morgan fingerprint density at radius 2 is 1.63 bits per heavy atom. The van der Waals surface area contributed by atoms with Gasteiger partial charge in [-0.05, 0) is 12.8 Å². The third-order valence-electron chi connectivity index (χ3n) is 3.96. The highest BCUT2D eigenvalue weighted by atomic mass is 16.4. The molecule has 4 unspecified atom stereocenters. The molecular formula is C11H15NO7. The molecule has 1 saturated carbocycles. The molecule has 1 aliphatic carbocycles. The molecule has 8 nitrogen and oxygen atoms in total. The molecule has 0 bridgehead atoms. The van der Waals surface area contributed by atoms with E-state index < -0.39 is 47.0 Å². The maximum atomic E-state index is 11.6. The van der Waals surface area contributed by atoms with Crippen molar-refractivity contribution in [1.82, 2.24) is 0 Å². The lowest BCUT2D eigenvalue weighted by Gasteiger charge is -2.29. The van der Waals surface area contributed by atoms with Crippen molar-refractivity contribution < 1.29 is 34.5 Å². The monoisotopic (exact) mass is 273 g/mol. The number of primary amides is 1. The van der Waals surface area contributed by atoms with Crippen LogP contribution in [0.3, 0.4) is 0 Å². The van der Waals surface area contributed by atoms with Gasteiger partial charge in [-0.2, -0.15) is 0 Å². The van der Waals surface area contributed by atoms with Gasteiger partial charge >= 0.3 is 17.9 Å². The van der Waals surface area contributed by atoms with Crippen LogP contribution in [0.25, 0.3) is 0 Å². The number of carboxylic acids is 3. The Balaban J connectivity index is 3.43. The number of carbonyl (C=O) groups is 4. The average molecular weight is 273 g/mol. The normalized spacial score (nSPS) is 33.8. The highest BCUT2D eigenvalue weighted by Gasteiger charge is 2.63. The Bertz CT molecular complexity index is 446. The van der Waals surface area contributed by atoms with Crippen LogP contribution >= 0.6 is 0 Å². The fourth-order valence-corrected chi connectivity index (χ4v) is 2.96. The Labute approximate surface area is 108 Å². The summed E-state index contributed by atoms with van der Waals surface area (Å²) in [5.41, 5.74) is 3.57. The van der Waals surface area contributed by atoms with Crippen LogP contribution in [0.15, 0.2) is 0 Å². The highest BCUT2D eigenvalue weighted by molar-refractivity contribution is 5.94. The van der Waals surface area contributed by atoms with E-state index in [0.29, 0.717) is 0 Å². The zero-order chi connectivity index (χ0) is 15.0. The van der Waals surface area contributed by atoms with E-state index in [1.165, 1.54) is 6.92 Å². The minimum absolute atomic E-state index is 0.0210. The van der Waals surface area contributed by atoms with Gasteiger partial charge < -0.3 is 21.1 Å². The number of rotatable bonds is 5. The largest absolute Gasteiger partial charge is 0.481 e. The van der Waals surface area contributed by atoms with E-state index in [-0.39, 0.29) is 12.8 Å². The summed E-state index contributed by atoms with van der Waals surface area (Å²) >= 11 is 0. The summed E-state index contributed by atoms with van der Waals surface area (Å²) in [7, 11) is 0. The van der Waals surface area contributed by atoms with Crippen LogP contribution in [0.1, 0.15) is 19.8 Å². The number of hydrogen-bond donors (Lipinski definition) is 4. The molecule has 1 rings (SSSR count). The van der Waals surface area contributed by atoms with Gasteiger partial charge in [-0.1, -0.05) is 6.92 Å². The third kappa shape index (κ3) is 2.13. The molecule has 1 fully saturated rings. The van der Waals surface area contributed by atoms with Gasteiger partial charge in [0.15, 0.2) is 0 Å². The Hall–Kier alpha value is -2.12. The molecular weight excluding hydrogens is 258 g/mol. The van der Waals surface area contributed by atoms with Crippen molar-refractivity contribution in [2.75, 3.05) is 0 Å². The minimum atomic E-state index is -1.66. The lowest BCUT2D eigenvalue weighted by molar-refractivity contribution is -0.161. The van der Waals surface area contributed by atoms with Crippen LogP contribution in [-0.2, 0) is 19.2 Å². The molecule has 0 aliphatic heterocycles. The van der Waals surface area contributed by atoms with Crippen LogP contribution < -0.4 is 5.73 Å². The van der Waals surface area contributed by atoms with Crippen LogP contribution in [-0.4, -0.2) is 39.1 Å². The summed E-state index contributed by atoms with van der Waals surface area (Å²) in [6.45, 7) is 1.49. The number of nitrogens with two attached hydrogens (primary N) is 1. The average Bonchev–Trinajstić information content (AvgIpc) is 2.65. The number of amides is 1. The lowest BCUT2D eigenvalue weighted by atomic mass is 9.72. The van der Waals surface area contributed by atoms with Crippen LogP contribution in [0.5, 0.6) is 0 Å². The van der Waals surface area contributed by atoms with Crippen LogP contribution in [0, 0.1) is 23.2 Å². The van der Waals surface area contributed by atoms with Gasteiger partial charge in [-0.25, -0.2) is 0 Å². The summed E-state index contributed by atoms with van der Waals surface area (Å²) in [5, 5.41) is 27.3. The molecule has 0 aromatic heterocycles. The lowest BCUT2D eigenvalue weighted by Crippen LogP contribution is -2.45. The third-order valence-corrected chi connectivity index (χ3v) is 3.96. The van der Waals surface area contributed by atoms with E-state index in [2.05, 4.69) is 0 Å². The van der Waals surface area contributed by atoms with E-state index in [9.17, 15) is 24.3 Å². The molecule has 0 aromatic carbocycles. The van der Waals surface area contributed by atoms with Crippen molar-refractivity contribution in [2.45, 2.75) is 19.8 Å². The van der Waals surface area contributed by atoms with Gasteiger partial charge in [0.2, 0.25) is 5.91 Å². The number of carboxylic acid groups (broad SMARTS) is 3. The van der Waals surface area contributed by atoms with Gasteiger partial charge in [0.25, 0.3) is 0 Å². The van der Waals surface area contributed by atoms with Gasteiger partial charge in [0, 0.05) is 0 Å². The molecule has 0 saturated heterocycles. The second-order valence-corrected chi connectivity index (χ2v) is 4.70. The first-order valence-electron chi connectivity index (χ1n) is 5.67. The summed E-state index contributed by atoms with van der Waals surface area (Å²) in [4.78, 5) is 45.2. The molecule has 106 valence electrons. The molecule has 0 spiro atoms. The molecule has 0 radical (unpaired) electrons. The fourth-order valence-electron chi connectivity index (χ4n) is 2.96. The Morgan fingerprint density at radius 1 is 1.11 bits per heavy atom. The van der Waals surface area contributed by atoms with Gasteiger partial charge in [-0.15, -0.1) is 0 Å². The molecule has 8 heteroatoms. The highest BCUT2D eigenvalue weighted by Crippen LogP contribution is 2.52. The molecule has 0 heterocycles. The van der Waals surface area contributed by atoms with Crippen molar-refractivity contribution in [2.24, 2.45) is 28.9 Å². The van der Waals surface area contributed by atoms with Crippen molar-refractivity contribution >= 4 is 23.8 Å². The molecule has 1 amide bonds. The van der Waals surface area contributed by atoms with E-state index in [4.69, 9.17) is 15.9 Å². The zero-order valence-corrected chi connectivity index (χ0v) is 10.2. The maximum Gasteiger partial charge on any atom is 0.308 e. The predicted octanol–water partition coefficient (Wildman–Crippen LogP) is -0.626. The molecule has 1 aliphatic rings. The fraction of sp³-hybridized carbons (Fsp3) is 0.636. The summed E-state index contributed by atoms with van der Waals surface area (Å²) in [5.74, 6) is -10.2. The predicted molar refractivity (Wildman–Crippen MR) is 59.9 cm³/mol. The molecule has 5 N–H and O–H groups in total. The maximum absolute atomic E-state index is 11.6. The van der Waals surface area contributed by atoms with Gasteiger partial charge in [-0.3, -0.25) is 19.2 Å². The second-order valence-electron chi connectivity index (χ2n) is 4.70. The van der Waals surface area contributed by atoms with E-state index in [0.717, 1.165) is 0 Å². The molecule has 4 atom stereocenters. The minimum Gasteiger partial charge on any atom is -0.481 e. The second kappa shape index (κ2) is 4.87. The first-order valence-corrected chi connectivity index (χ1v) is 5.67. The molecule has 0 aromatic rings. The van der Waals surface area contributed by atoms with Crippen molar-refractivity contribution in [3.63, 3.8) is 0 Å². The van der Waals surface area contributed by atoms with E-state index in [1.807, 2.05) is 0 Å². The standard InChI is InChI=1S/C11H15NO7/c1-2-11(10(12)19)3-4(7(13)14)5(8(15)16)6(11)9(17)18/h4-6H,2-3H2,1H3,(H2,12,19)(H,13,14)(H,15,16)(H,17,18). The topological polar surface area (TPSA) is 155 Å². The van der Waals surface area contributed by atoms with Gasteiger partial charge in [0.1, 0.15) is 0 Å². The van der Waals surface area contributed by atoms with E-state index in [1.54, 1.807) is 0 Å². The zero-order valence-electron chi connectivity index (χ0n) is 10.2. The van der Waals surface area contributed by atoms with Crippen LogP contribution in [0.2, 0.25) is 0 Å². The number of aliphatic carboxylic acids is 3. The Morgan fingerprint density at radius 3 is 1.89 bits per heavy atom. The SMILES string of the molecule is CCC1(C(N)=O)CC(C(=O)O)C(C(=O)O)C1C(=O)O. The van der Waals surface area contributed by atoms with Crippen LogP contribution in [0.4, 0.5) is 0 Å². The van der Waals surface area contributed by atoms with Crippen molar-refractivity contribution in [3.05, 3.63) is 0 Å². The summed E-state index contributed by atoms with van der Waals surface area (Å²) in [6.07, 6.45) is -0.394. The Kier molecular flexibility index (Phi) is 3.83. The number of hydrogen-bond acceptors (Lipinski definition) is 4. The van der Waals surface area contributed by atoms with E-state index >= 15 is 0 Å². The van der Waals surface area contributed by atoms with Gasteiger partial charge in [0.05, 0.1) is 23.2 Å². The quantitative estimate of drug-likeness (QED) is 0.519.